The van der Waals surface area contributed by atoms with Crippen molar-refractivity contribution >= 4 is 5.78 Å². The van der Waals surface area contributed by atoms with Gasteiger partial charge in [0.25, 0.3) is 5.78 Å². The van der Waals surface area contributed by atoms with E-state index < -0.39 is 23.2 Å². The van der Waals surface area contributed by atoms with Gasteiger partial charge < -0.3 is 15.6 Å². The molecule has 0 saturated carbocycles. The number of rotatable bonds is 1. The number of quaternary nitrogens is 1. The molecule has 0 aromatic heterocycles. The predicted molar refractivity (Wildman–Crippen MR) is 54.8 cm³/mol. The quantitative estimate of drug-likeness (QED) is 0.528. The van der Waals surface area contributed by atoms with Crippen LogP contribution in [-0.4, -0.2) is 23.2 Å². The first-order valence-corrected chi connectivity index (χ1v) is 5.05. The van der Waals surface area contributed by atoms with Gasteiger partial charge in [0.1, 0.15) is 5.54 Å². The van der Waals surface area contributed by atoms with Crippen LogP contribution in [0.25, 0.3) is 0 Å². The topological polar surface area (TPSA) is 56.6 Å². The van der Waals surface area contributed by atoms with Gasteiger partial charge in [-0.05, 0) is 13.8 Å². The Labute approximate surface area is 97.0 Å². The van der Waals surface area contributed by atoms with Crippen LogP contribution in [0.5, 0.6) is 0 Å². The summed E-state index contributed by atoms with van der Waals surface area (Å²) in [5.74, 6) is -1.96. The van der Waals surface area contributed by atoms with E-state index in [1.807, 2.05) is 0 Å². The van der Waals surface area contributed by atoms with Crippen LogP contribution in [0, 0.1) is 5.21 Å². The van der Waals surface area contributed by atoms with Gasteiger partial charge in [-0.15, -0.1) is 0 Å². The number of hydroxylamine groups is 2. The zero-order chi connectivity index (χ0) is 13.6. The maximum Gasteiger partial charge on any atom is 0.454 e. The van der Waals surface area contributed by atoms with Crippen molar-refractivity contribution in [3.8, 4) is 0 Å². The van der Waals surface area contributed by atoms with E-state index in [2.05, 4.69) is 5.32 Å². The molecule has 0 bridgehead atoms. The van der Waals surface area contributed by atoms with Gasteiger partial charge in [0.15, 0.2) is 5.66 Å². The zero-order valence-corrected chi connectivity index (χ0v) is 10.0. The number of halogens is 3. The highest BCUT2D eigenvalue weighted by atomic mass is 19.4. The first kappa shape index (κ1) is 14.0. The van der Waals surface area contributed by atoms with E-state index in [1.165, 1.54) is 13.8 Å². The number of hydrogen-bond acceptors (Lipinski definition) is 3. The predicted octanol–water partition coefficient (Wildman–Crippen LogP) is 0.502. The maximum atomic E-state index is 12.1. The van der Waals surface area contributed by atoms with Gasteiger partial charge >= 0.3 is 6.18 Å². The molecule has 0 aliphatic carbocycles. The van der Waals surface area contributed by atoms with E-state index in [4.69, 9.17) is 0 Å². The van der Waals surface area contributed by atoms with Crippen LogP contribution in [0.3, 0.4) is 0 Å². The molecule has 1 atom stereocenters. The lowest BCUT2D eigenvalue weighted by molar-refractivity contribution is -0.931. The molecule has 1 heterocycles. The number of carbonyl (C=O) groups excluding carboxylic acids is 1. The summed E-state index contributed by atoms with van der Waals surface area (Å²) >= 11 is 0. The Morgan fingerprint density at radius 2 is 1.82 bits per heavy atom. The summed E-state index contributed by atoms with van der Waals surface area (Å²) in [7, 11) is 0. The van der Waals surface area contributed by atoms with E-state index >= 15 is 0 Å². The summed E-state index contributed by atoms with van der Waals surface area (Å²) in [4.78, 5) is 10.9. The Kier molecular flexibility index (Phi) is 3.05. The van der Waals surface area contributed by atoms with Crippen molar-refractivity contribution in [1.82, 2.24) is 5.32 Å². The molecule has 1 unspecified atom stereocenters. The van der Waals surface area contributed by atoms with Crippen molar-refractivity contribution in [2.24, 2.45) is 0 Å². The summed E-state index contributed by atoms with van der Waals surface area (Å²) in [5.41, 5.74) is -2.05. The zero-order valence-electron chi connectivity index (χ0n) is 10.0. The Morgan fingerprint density at radius 1 is 1.35 bits per heavy atom. The molecular weight excluding hydrogens is 237 g/mol. The van der Waals surface area contributed by atoms with Gasteiger partial charge in [0, 0.05) is 19.9 Å². The molecule has 7 heteroatoms. The minimum absolute atomic E-state index is 0.00910. The van der Waals surface area contributed by atoms with Gasteiger partial charge in [-0.1, -0.05) is 0 Å². The molecule has 1 rings (SSSR count). The number of allylic oxidation sites excluding steroid dienone is 1. The normalized spacial score (nSPS) is 29.2. The minimum Gasteiger partial charge on any atom is -0.632 e. The second kappa shape index (κ2) is 3.71. The number of carbonyl (C=O) groups is 1. The fourth-order valence-corrected chi connectivity index (χ4v) is 1.88. The molecule has 0 aromatic carbocycles. The van der Waals surface area contributed by atoms with Gasteiger partial charge in [0.05, 0.1) is 5.70 Å². The summed E-state index contributed by atoms with van der Waals surface area (Å²) in [6.45, 7) is 6.12. The summed E-state index contributed by atoms with van der Waals surface area (Å²) in [5, 5.41) is 14.3. The van der Waals surface area contributed by atoms with Crippen LogP contribution in [0.2, 0.25) is 0 Å². The lowest BCUT2D eigenvalue weighted by Crippen LogP contribution is -3.20. The fraction of sp³-hybridized carbons (Fsp3) is 0.700. The SMILES string of the molecule is CC1(C)N/C(=C/C(=O)C(F)(F)F)C(C)(C)[NH+]1[O-]. The summed E-state index contributed by atoms with van der Waals surface area (Å²) < 4.78 is 36.4. The average molecular weight is 252 g/mol. The molecule has 0 aromatic rings. The highest BCUT2D eigenvalue weighted by molar-refractivity contribution is 5.95. The molecule has 4 nitrogen and oxygen atoms in total. The molecule has 2 N–H and O–H groups in total. The van der Waals surface area contributed by atoms with Crippen molar-refractivity contribution in [2.75, 3.05) is 0 Å². The van der Waals surface area contributed by atoms with E-state index in [9.17, 15) is 23.2 Å². The molecule has 0 radical (unpaired) electrons. The van der Waals surface area contributed by atoms with Crippen LogP contribution >= 0.6 is 0 Å². The van der Waals surface area contributed by atoms with Gasteiger partial charge in [-0.25, -0.2) is 0 Å². The van der Waals surface area contributed by atoms with Crippen molar-refractivity contribution in [3.63, 3.8) is 0 Å². The fourth-order valence-electron chi connectivity index (χ4n) is 1.88. The molecule has 98 valence electrons. The minimum atomic E-state index is -4.92. The number of ketones is 1. The van der Waals surface area contributed by atoms with Crippen molar-refractivity contribution in [1.29, 1.82) is 0 Å². The van der Waals surface area contributed by atoms with E-state index in [1.54, 1.807) is 13.8 Å². The van der Waals surface area contributed by atoms with E-state index in [0.29, 0.717) is 6.08 Å². The molecule has 1 fully saturated rings. The second-order valence-electron chi connectivity index (χ2n) is 5.12. The van der Waals surface area contributed by atoms with E-state index in [-0.39, 0.29) is 10.8 Å². The third kappa shape index (κ3) is 2.44. The van der Waals surface area contributed by atoms with Crippen LogP contribution in [0.1, 0.15) is 27.7 Å². The monoisotopic (exact) mass is 252 g/mol. The Hall–Kier alpha value is -1.08. The van der Waals surface area contributed by atoms with Crippen LogP contribution in [-0.2, 0) is 4.79 Å². The molecule has 17 heavy (non-hydrogen) atoms. The smallest absolute Gasteiger partial charge is 0.454 e. The van der Waals surface area contributed by atoms with E-state index in [0.717, 1.165) is 0 Å². The lowest BCUT2D eigenvalue weighted by Gasteiger charge is -2.38. The molecule has 1 aliphatic heterocycles. The molecule has 1 aliphatic rings. The second-order valence-corrected chi connectivity index (χ2v) is 5.12. The Bertz CT molecular complexity index is 372. The molecule has 1 saturated heterocycles. The van der Waals surface area contributed by atoms with Crippen molar-refractivity contribution in [2.45, 2.75) is 45.1 Å². The van der Waals surface area contributed by atoms with Crippen molar-refractivity contribution < 1.29 is 23.0 Å². The third-order valence-corrected chi connectivity index (χ3v) is 2.81. The first-order valence-electron chi connectivity index (χ1n) is 5.05. The highest BCUT2D eigenvalue weighted by Gasteiger charge is 2.49. The largest absolute Gasteiger partial charge is 0.632 e. The number of hydrogen-bond donors (Lipinski definition) is 2. The highest BCUT2D eigenvalue weighted by Crippen LogP contribution is 2.23. The lowest BCUT2D eigenvalue weighted by atomic mass is 10.0. The van der Waals surface area contributed by atoms with Crippen LogP contribution in [0.15, 0.2) is 11.8 Å². The first-order chi connectivity index (χ1) is 7.39. The summed E-state index contributed by atoms with van der Waals surface area (Å²) in [6.07, 6.45) is -4.45. The number of alkyl halides is 3. The Balaban J connectivity index is 3.09. The standard InChI is InChI=1S/C10H15F3N2O2/c1-8(2)6(5-7(16)10(11,12)13)14-9(3,4)15(8)17/h5,14-15H,1-4H3/b6-5+. The maximum absolute atomic E-state index is 12.1. The van der Waals surface area contributed by atoms with Crippen LogP contribution < -0.4 is 10.4 Å². The average Bonchev–Trinajstić information content (AvgIpc) is 2.26. The number of nitrogens with one attached hydrogen (secondary N) is 2. The molecule has 0 amide bonds. The summed E-state index contributed by atoms with van der Waals surface area (Å²) in [6, 6.07) is 0. The van der Waals surface area contributed by atoms with Gasteiger partial charge in [0.2, 0.25) is 0 Å². The van der Waals surface area contributed by atoms with Crippen molar-refractivity contribution in [3.05, 3.63) is 17.0 Å². The molecular formula is C10H15F3N2O2. The third-order valence-electron chi connectivity index (χ3n) is 2.81. The van der Waals surface area contributed by atoms with Gasteiger partial charge in [-0.3, -0.25) is 4.79 Å². The van der Waals surface area contributed by atoms with Crippen LogP contribution in [0.4, 0.5) is 13.2 Å². The Morgan fingerprint density at radius 3 is 2.12 bits per heavy atom. The molecule has 0 spiro atoms. The van der Waals surface area contributed by atoms with Gasteiger partial charge in [-0.2, -0.15) is 13.2 Å².